The van der Waals surface area contributed by atoms with E-state index in [1.165, 1.54) is 36.4 Å². The molecule has 3 rings (SSSR count). The Kier molecular flexibility index (Phi) is 7.70. The summed E-state index contributed by atoms with van der Waals surface area (Å²) in [6.45, 7) is -0.552. The van der Waals surface area contributed by atoms with Gasteiger partial charge in [0.1, 0.15) is 17.2 Å². The zero-order chi connectivity index (χ0) is 24.2. The summed E-state index contributed by atoms with van der Waals surface area (Å²) in [6, 6.07) is 9.69. The van der Waals surface area contributed by atoms with Crippen molar-refractivity contribution in [3.63, 3.8) is 0 Å². The molecule has 2 aromatic carbocycles. The zero-order valence-corrected chi connectivity index (χ0v) is 18.4. The molecule has 11 heteroatoms. The van der Waals surface area contributed by atoms with Crippen LogP contribution in [0, 0.1) is 0 Å². The molecule has 0 saturated heterocycles. The Labute approximate surface area is 194 Å². The molecule has 3 aromatic rings. The maximum atomic E-state index is 13.5. The average Bonchev–Trinajstić information content (AvgIpc) is 3.21. The minimum atomic E-state index is -4.67. The molecule has 1 heterocycles. The van der Waals surface area contributed by atoms with Crippen molar-refractivity contribution in [2.75, 3.05) is 7.11 Å². The van der Waals surface area contributed by atoms with Gasteiger partial charge in [0.25, 0.3) is 6.43 Å². The van der Waals surface area contributed by atoms with Gasteiger partial charge in [0.2, 0.25) is 0 Å². The van der Waals surface area contributed by atoms with Gasteiger partial charge >= 0.3 is 12.1 Å². The van der Waals surface area contributed by atoms with Crippen molar-refractivity contribution in [1.29, 1.82) is 0 Å². The van der Waals surface area contributed by atoms with E-state index in [2.05, 4.69) is 9.11 Å². The van der Waals surface area contributed by atoms with E-state index in [9.17, 15) is 26.7 Å². The van der Waals surface area contributed by atoms with Crippen LogP contribution in [0.4, 0.5) is 22.0 Å². The summed E-state index contributed by atoms with van der Waals surface area (Å²) in [5.74, 6) is -0.795. The smallest absolute Gasteiger partial charge is 0.427 e. The van der Waals surface area contributed by atoms with E-state index in [0.717, 1.165) is 25.3 Å². The third-order valence-corrected chi connectivity index (χ3v) is 5.63. The quantitative estimate of drug-likeness (QED) is 0.194. The van der Waals surface area contributed by atoms with Gasteiger partial charge in [0.15, 0.2) is 0 Å². The summed E-state index contributed by atoms with van der Waals surface area (Å²) < 4.78 is 81.4. The summed E-state index contributed by atoms with van der Waals surface area (Å²) >= 11 is 6.12. The SMILES string of the molecule is COC(=O)/C=C/c1ccc(OCc2c(-c3ccc(Cl)cc3)nsc2C(F)(F)F)cc1C(F)F. The van der Waals surface area contributed by atoms with E-state index in [1.54, 1.807) is 0 Å². The molecule has 0 radical (unpaired) electrons. The summed E-state index contributed by atoms with van der Waals surface area (Å²) in [7, 11) is 1.14. The van der Waals surface area contributed by atoms with Crippen LogP contribution in [-0.4, -0.2) is 17.5 Å². The number of rotatable bonds is 7. The molecule has 0 aliphatic carbocycles. The van der Waals surface area contributed by atoms with Crippen molar-refractivity contribution >= 4 is 35.2 Å². The van der Waals surface area contributed by atoms with Gasteiger partial charge < -0.3 is 9.47 Å². The van der Waals surface area contributed by atoms with Crippen LogP contribution < -0.4 is 4.74 Å². The van der Waals surface area contributed by atoms with Gasteiger partial charge in [-0.25, -0.2) is 13.6 Å². The molecule has 0 aliphatic rings. The molecule has 0 fully saturated rings. The third-order valence-electron chi connectivity index (χ3n) is 4.44. The van der Waals surface area contributed by atoms with E-state index in [1.807, 2.05) is 0 Å². The van der Waals surface area contributed by atoms with Crippen LogP contribution in [0.3, 0.4) is 0 Å². The number of hydrogen-bond acceptors (Lipinski definition) is 5. The normalized spacial score (nSPS) is 11.9. The van der Waals surface area contributed by atoms with Crippen molar-refractivity contribution in [3.8, 4) is 17.0 Å². The molecular formula is C22H15ClF5NO3S. The summed E-state index contributed by atoms with van der Waals surface area (Å²) in [6.07, 6.45) is -5.45. The fourth-order valence-electron chi connectivity index (χ4n) is 2.87. The topological polar surface area (TPSA) is 48.4 Å². The second kappa shape index (κ2) is 10.3. The number of ether oxygens (including phenoxy) is 2. The first-order valence-corrected chi connectivity index (χ1v) is 10.4. The van der Waals surface area contributed by atoms with Gasteiger partial charge in [-0.05, 0) is 47.4 Å². The fourth-order valence-corrected chi connectivity index (χ4v) is 3.76. The van der Waals surface area contributed by atoms with Crippen LogP contribution >= 0.6 is 23.1 Å². The van der Waals surface area contributed by atoms with Gasteiger partial charge in [0, 0.05) is 27.8 Å². The van der Waals surface area contributed by atoms with Crippen LogP contribution in [-0.2, 0) is 22.3 Å². The third kappa shape index (κ3) is 6.08. The van der Waals surface area contributed by atoms with Crippen LogP contribution in [0.5, 0.6) is 5.75 Å². The molecule has 0 saturated carbocycles. The summed E-state index contributed by atoms with van der Waals surface area (Å²) in [5.41, 5.74) is -0.164. The van der Waals surface area contributed by atoms with Crippen molar-refractivity contribution in [2.45, 2.75) is 19.2 Å². The lowest BCUT2D eigenvalue weighted by atomic mass is 10.1. The highest BCUT2D eigenvalue weighted by molar-refractivity contribution is 7.06. The lowest BCUT2D eigenvalue weighted by Gasteiger charge is -2.13. The molecule has 33 heavy (non-hydrogen) atoms. The average molecular weight is 504 g/mol. The molecular weight excluding hydrogens is 489 g/mol. The molecule has 0 amide bonds. The van der Waals surface area contributed by atoms with E-state index in [-0.39, 0.29) is 34.1 Å². The maximum Gasteiger partial charge on any atom is 0.427 e. The number of aromatic nitrogens is 1. The first kappa shape index (κ1) is 24.7. The van der Waals surface area contributed by atoms with Gasteiger partial charge in [-0.3, -0.25) is 0 Å². The molecule has 174 valence electrons. The standard InChI is InChI=1S/C22H15ClF5NO3S/c1-31-18(30)9-5-12-4-8-15(10-16(12)21(24)25)32-11-17-19(13-2-6-14(23)7-3-13)29-33-20(17)22(26,27)28/h2-10,21H,11H2,1H3/b9-5+. The Morgan fingerprint density at radius 1 is 1.18 bits per heavy atom. The molecule has 0 unspecified atom stereocenters. The second-order valence-corrected chi connectivity index (χ2v) is 7.79. The number of carbonyl (C=O) groups is 1. The Hall–Kier alpha value is -2.98. The van der Waals surface area contributed by atoms with E-state index >= 15 is 0 Å². The van der Waals surface area contributed by atoms with E-state index < -0.39 is 35.6 Å². The molecule has 0 aliphatic heterocycles. The van der Waals surface area contributed by atoms with Crippen LogP contribution in [0.15, 0.2) is 48.5 Å². The number of halogens is 6. The maximum absolute atomic E-state index is 13.5. The van der Waals surface area contributed by atoms with Gasteiger partial charge in [0.05, 0.1) is 12.8 Å². The number of nitrogens with zero attached hydrogens (tertiary/aromatic N) is 1. The van der Waals surface area contributed by atoms with Crippen molar-refractivity contribution in [1.82, 2.24) is 4.37 Å². The molecule has 0 spiro atoms. The Balaban J connectivity index is 1.92. The van der Waals surface area contributed by atoms with Crippen molar-refractivity contribution in [2.24, 2.45) is 0 Å². The van der Waals surface area contributed by atoms with Gasteiger partial charge in [-0.2, -0.15) is 17.5 Å². The monoisotopic (exact) mass is 503 g/mol. The number of benzene rings is 2. The molecule has 1 aromatic heterocycles. The highest BCUT2D eigenvalue weighted by atomic mass is 35.5. The second-order valence-electron chi connectivity index (χ2n) is 6.58. The lowest BCUT2D eigenvalue weighted by Crippen LogP contribution is -2.08. The zero-order valence-electron chi connectivity index (χ0n) is 16.8. The van der Waals surface area contributed by atoms with Crippen LogP contribution in [0.25, 0.3) is 17.3 Å². The van der Waals surface area contributed by atoms with Crippen molar-refractivity contribution in [3.05, 3.63) is 75.1 Å². The molecule has 0 bridgehead atoms. The molecule has 4 nitrogen and oxygen atoms in total. The Morgan fingerprint density at radius 2 is 1.88 bits per heavy atom. The largest absolute Gasteiger partial charge is 0.489 e. The first-order chi connectivity index (χ1) is 15.6. The number of esters is 1. The highest BCUT2D eigenvalue weighted by Crippen LogP contribution is 2.40. The number of carbonyl (C=O) groups excluding carboxylic acids is 1. The minimum absolute atomic E-state index is 0.0396. The number of alkyl halides is 5. The lowest BCUT2D eigenvalue weighted by molar-refractivity contribution is -0.135. The first-order valence-electron chi connectivity index (χ1n) is 9.22. The van der Waals surface area contributed by atoms with Crippen LogP contribution in [0.1, 0.15) is 28.0 Å². The van der Waals surface area contributed by atoms with E-state index in [0.29, 0.717) is 10.6 Å². The number of methoxy groups -OCH3 is 1. The molecule has 0 atom stereocenters. The predicted octanol–water partition coefficient (Wildman–Crippen LogP) is 7.19. The highest BCUT2D eigenvalue weighted by Gasteiger charge is 2.38. The van der Waals surface area contributed by atoms with Gasteiger partial charge in [-0.15, -0.1) is 0 Å². The molecule has 0 N–H and O–H groups in total. The van der Waals surface area contributed by atoms with Crippen LogP contribution in [0.2, 0.25) is 5.02 Å². The summed E-state index contributed by atoms with van der Waals surface area (Å²) in [5, 5.41) is 0.406. The van der Waals surface area contributed by atoms with E-state index in [4.69, 9.17) is 16.3 Å². The fraction of sp³-hybridized carbons (Fsp3) is 0.182. The Morgan fingerprint density at radius 3 is 2.48 bits per heavy atom. The minimum Gasteiger partial charge on any atom is -0.489 e. The van der Waals surface area contributed by atoms with Gasteiger partial charge in [-0.1, -0.05) is 29.8 Å². The summed E-state index contributed by atoms with van der Waals surface area (Å²) in [4.78, 5) is 10.3. The predicted molar refractivity (Wildman–Crippen MR) is 114 cm³/mol. The van der Waals surface area contributed by atoms with Crippen molar-refractivity contribution < 1.29 is 36.2 Å². The number of hydrogen-bond donors (Lipinski definition) is 0. The Bertz CT molecular complexity index is 1160.